The van der Waals surface area contributed by atoms with Crippen molar-refractivity contribution in [2.75, 3.05) is 45.2 Å². The van der Waals surface area contributed by atoms with E-state index in [9.17, 15) is 4.57 Å². The highest BCUT2D eigenvalue weighted by Gasteiger charge is 2.35. The molecule has 5 heteroatoms. The van der Waals surface area contributed by atoms with E-state index >= 15 is 0 Å². The van der Waals surface area contributed by atoms with E-state index in [4.69, 9.17) is 0 Å². The minimum Gasteiger partial charge on any atom is -0.378 e. The van der Waals surface area contributed by atoms with Gasteiger partial charge in [-0.3, -0.25) is 4.57 Å². The molecule has 21 heavy (non-hydrogen) atoms. The van der Waals surface area contributed by atoms with Crippen molar-refractivity contribution in [1.29, 1.82) is 0 Å². The van der Waals surface area contributed by atoms with Crippen LogP contribution < -0.4 is 10.2 Å². The fraction of sp³-hybridized carbons (Fsp3) is 0.625. The molecule has 0 aromatic heterocycles. The Morgan fingerprint density at radius 2 is 1.19 bits per heavy atom. The van der Waals surface area contributed by atoms with Crippen molar-refractivity contribution in [2.24, 2.45) is 0 Å². The molecule has 0 amide bonds. The second-order valence-corrected chi connectivity index (χ2v) is 7.97. The van der Waals surface area contributed by atoms with Crippen LogP contribution in [0.25, 0.3) is 0 Å². The second-order valence-electron chi connectivity index (χ2n) is 5.23. The molecule has 1 rings (SSSR count). The van der Waals surface area contributed by atoms with Crippen LogP contribution in [-0.2, 0) is 4.57 Å². The molecule has 0 radical (unpaired) electrons. The van der Waals surface area contributed by atoms with E-state index in [-0.39, 0.29) is 0 Å². The molecule has 0 aliphatic heterocycles. The number of hydrogen-bond donors (Lipinski definition) is 0. The van der Waals surface area contributed by atoms with Gasteiger partial charge in [0, 0.05) is 51.3 Å². The average Bonchev–Trinajstić information content (AvgIpc) is 2.49. The molecule has 0 aliphatic carbocycles. The Labute approximate surface area is 130 Å². The van der Waals surface area contributed by atoms with Crippen molar-refractivity contribution >= 4 is 18.4 Å². The van der Waals surface area contributed by atoms with Crippen molar-refractivity contribution in [3.63, 3.8) is 0 Å². The van der Waals surface area contributed by atoms with E-state index in [1.807, 2.05) is 26.2 Å². The number of hydrogen-bond acceptors (Lipinski definition) is 2. The normalized spacial score (nSPS) is 12.2. The Morgan fingerprint density at radius 1 is 0.810 bits per heavy atom. The summed E-state index contributed by atoms with van der Waals surface area (Å²) in [6.07, 6.45) is 0. The minimum atomic E-state index is -2.69. The highest BCUT2D eigenvalue weighted by molar-refractivity contribution is 7.67. The maximum absolute atomic E-state index is 13.9. The van der Waals surface area contributed by atoms with Gasteiger partial charge >= 0.3 is 0 Å². The first-order valence-electron chi connectivity index (χ1n) is 7.84. The first-order valence-corrected chi connectivity index (χ1v) is 9.45. The largest absolute Gasteiger partial charge is 0.378 e. The maximum atomic E-state index is 13.9. The van der Waals surface area contributed by atoms with E-state index in [1.165, 1.54) is 0 Å². The van der Waals surface area contributed by atoms with Gasteiger partial charge in [-0.25, -0.2) is 9.34 Å². The quantitative estimate of drug-likeness (QED) is 0.689. The molecule has 0 N–H and O–H groups in total. The maximum Gasteiger partial charge on any atom is 0.245 e. The van der Waals surface area contributed by atoms with E-state index < -0.39 is 7.44 Å². The third-order valence-corrected chi connectivity index (χ3v) is 7.57. The molecule has 0 fully saturated rings. The van der Waals surface area contributed by atoms with Crippen LogP contribution in [0.5, 0.6) is 0 Å². The minimum absolute atomic E-state index is 0.791. The Bertz CT molecular complexity index is 449. The third-order valence-electron chi connectivity index (χ3n) is 3.93. The molecule has 1 aromatic carbocycles. The monoisotopic (exact) mass is 311 g/mol. The van der Waals surface area contributed by atoms with Gasteiger partial charge in [0.05, 0.1) is 0 Å². The SMILES string of the molecule is CCN(CC)P(=O)(c1ccc(N(C)C)cc1)N(CC)CC. The van der Waals surface area contributed by atoms with Crippen LogP contribution in [0.15, 0.2) is 24.3 Å². The van der Waals surface area contributed by atoms with Gasteiger partial charge in [-0.2, -0.15) is 0 Å². The lowest BCUT2D eigenvalue weighted by Gasteiger charge is -2.38. The van der Waals surface area contributed by atoms with Crippen molar-refractivity contribution in [2.45, 2.75) is 27.7 Å². The van der Waals surface area contributed by atoms with Gasteiger partial charge in [0.15, 0.2) is 0 Å². The molecule has 0 unspecified atom stereocenters. The topological polar surface area (TPSA) is 26.8 Å². The molecule has 0 heterocycles. The van der Waals surface area contributed by atoms with Crippen molar-refractivity contribution in [3.05, 3.63) is 24.3 Å². The van der Waals surface area contributed by atoms with Gasteiger partial charge < -0.3 is 4.90 Å². The van der Waals surface area contributed by atoms with Gasteiger partial charge in [0.2, 0.25) is 7.44 Å². The molecule has 0 aliphatic rings. The number of anilines is 1. The van der Waals surface area contributed by atoms with Crippen LogP contribution in [-0.4, -0.2) is 49.6 Å². The molecule has 1 aromatic rings. The summed E-state index contributed by atoms with van der Waals surface area (Å²) >= 11 is 0. The Kier molecular flexibility index (Phi) is 6.92. The summed E-state index contributed by atoms with van der Waals surface area (Å²) in [7, 11) is 1.34. The zero-order chi connectivity index (χ0) is 16.0. The third kappa shape index (κ3) is 3.68. The molecular weight excluding hydrogens is 281 g/mol. The van der Waals surface area contributed by atoms with Crippen LogP contribution in [0.1, 0.15) is 27.7 Å². The Hall–Kier alpha value is -0.830. The van der Waals surface area contributed by atoms with Crippen molar-refractivity contribution in [1.82, 2.24) is 9.34 Å². The van der Waals surface area contributed by atoms with Gasteiger partial charge in [0.25, 0.3) is 0 Å². The molecular formula is C16H30N3OP. The summed E-state index contributed by atoms with van der Waals surface area (Å²) in [5.41, 5.74) is 1.13. The fourth-order valence-electron chi connectivity index (χ4n) is 2.66. The van der Waals surface area contributed by atoms with Crippen LogP contribution in [0.2, 0.25) is 0 Å². The Balaban J connectivity index is 3.32. The predicted molar refractivity (Wildman–Crippen MR) is 93.9 cm³/mol. The molecule has 120 valence electrons. The number of rotatable bonds is 8. The van der Waals surface area contributed by atoms with Gasteiger partial charge in [-0.1, -0.05) is 27.7 Å². The highest BCUT2D eigenvalue weighted by atomic mass is 31.2. The molecule has 0 spiro atoms. The highest BCUT2D eigenvalue weighted by Crippen LogP contribution is 2.51. The Morgan fingerprint density at radius 3 is 1.48 bits per heavy atom. The lowest BCUT2D eigenvalue weighted by molar-refractivity contribution is 0.369. The van der Waals surface area contributed by atoms with Crippen LogP contribution in [0.3, 0.4) is 0 Å². The lowest BCUT2D eigenvalue weighted by atomic mass is 10.3. The first kappa shape index (κ1) is 18.2. The van der Waals surface area contributed by atoms with Crippen LogP contribution >= 0.6 is 7.44 Å². The van der Waals surface area contributed by atoms with E-state index in [1.54, 1.807) is 0 Å². The summed E-state index contributed by atoms with van der Waals surface area (Å²) in [5.74, 6) is 0. The van der Waals surface area contributed by atoms with Crippen molar-refractivity contribution < 1.29 is 4.57 Å². The van der Waals surface area contributed by atoms with Crippen LogP contribution in [0, 0.1) is 0 Å². The zero-order valence-electron chi connectivity index (χ0n) is 14.3. The smallest absolute Gasteiger partial charge is 0.245 e. The molecule has 0 bridgehead atoms. The summed E-state index contributed by atoms with van der Waals surface area (Å²) in [6, 6.07) is 8.14. The molecule has 0 saturated carbocycles. The van der Waals surface area contributed by atoms with Gasteiger partial charge in [0.1, 0.15) is 0 Å². The summed E-state index contributed by atoms with van der Waals surface area (Å²) < 4.78 is 18.1. The van der Waals surface area contributed by atoms with Crippen molar-refractivity contribution in [3.8, 4) is 0 Å². The lowest BCUT2D eigenvalue weighted by Crippen LogP contribution is -2.37. The van der Waals surface area contributed by atoms with Crippen LogP contribution in [0.4, 0.5) is 5.69 Å². The summed E-state index contributed by atoms with van der Waals surface area (Å²) in [6.45, 7) is 11.5. The summed E-state index contributed by atoms with van der Waals surface area (Å²) in [4.78, 5) is 2.06. The number of benzene rings is 1. The fourth-order valence-corrected chi connectivity index (χ4v) is 5.75. The average molecular weight is 311 g/mol. The van der Waals surface area contributed by atoms with Gasteiger partial charge in [-0.15, -0.1) is 0 Å². The molecule has 4 nitrogen and oxygen atoms in total. The second kappa shape index (κ2) is 7.98. The summed E-state index contributed by atoms with van der Waals surface area (Å²) in [5, 5.41) is 0.931. The molecule has 0 atom stereocenters. The number of nitrogens with zero attached hydrogens (tertiary/aromatic N) is 3. The van der Waals surface area contributed by atoms with Gasteiger partial charge in [-0.05, 0) is 24.3 Å². The first-order chi connectivity index (χ1) is 9.95. The van der Waals surface area contributed by atoms with E-state index in [0.717, 1.165) is 37.2 Å². The molecule has 0 saturated heterocycles. The zero-order valence-corrected chi connectivity index (χ0v) is 15.2. The predicted octanol–water partition coefficient (Wildman–Crippen LogP) is 3.25. The van der Waals surface area contributed by atoms with E-state index in [0.29, 0.717) is 0 Å². The van der Waals surface area contributed by atoms with E-state index in [2.05, 4.69) is 54.1 Å². The standard InChI is InChI=1S/C16H30N3OP/c1-7-18(8-2)21(20,19(9-3)10-4)16-13-11-15(12-14-16)17(5)6/h11-14H,7-10H2,1-6H3.